The van der Waals surface area contributed by atoms with E-state index in [-0.39, 0.29) is 12.3 Å². The van der Waals surface area contributed by atoms with Gasteiger partial charge in [-0.25, -0.2) is 4.98 Å². The van der Waals surface area contributed by atoms with Crippen LogP contribution in [0.5, 0.6) is 0 Å². The van der Waals surface area contributed by atoms with Gasteiger partial charge in [0.15, 0.2) is 0 Å². The van der Waals surface area contributed by atoms with E-state index in [1.807, 2.05) is 13.8 Å². The van der Waals surface area contributed by atoms with Gasteiger partial charge in [0.25, 0.3) is 0 Å². The Labute approximate surface area is 111 Å². The molecule has 0 spiro atoms. The summed E-state index contributed by atoms with van der Waals surface area (Å²) < 4.78 is 0. The Hall–Kier alpha value is -1.89. The van der Waals surface area contributed by atoms with Gasteiger partial charge in [-0.3, -0.25) is 14.9 Å². The van der Waals surface area contributed by atoms with Crippen LogP contribution >= 0.6 is 0 Å². The number of carbonyl (C=O) groups is 2. The predicted octanol–water partition coefficient (Wildman–Crippen LogP) is -0.105. The van der Waals surface area contributed by atoms with E-state index in [0.717, 1.165) is 0 Å². The van der Waals surface area contributed by atoms with Crippen molar-refractivity contribution in [2.24, 2.45) is 11.7 Å². The first kappa shape index (κ1) is 15.2. The zero-order chi connectivity index (χ0) is 14.4. The van der Waals surface area contributed by atoms with E-state index in [1.54, 1.807) is 6.20 Å². The molecule has 0 aromatic carbocycles. The van der Waals surface area contributed by atoms with Crippen LogP contribution in [0.15, 0.2) is 12.5 Å². The third-order valence-corrected chi connectivity index (χ3v) is 2.72. The molecule has 1 aromatic rings. The molecule has 0 aliphatic heterocycles. The van der Waals surface area contributed by atoms with Gasteiger partial charge in [-0.15, -0.1) is 0 Å². The third-order valence-electron chi connectivity index (χ3n) is 2.72. The molecule has 0 aliphatic carbocycles. The molecule has 0 aliphatic rings. The van der Waals surface area contributed by atoms with Crippen molar-refractivity contribution < 1.29 is 14.7 Å². The van der Waals surface area contributed by atoms with Crippen LogP contribution in [0.4, 0.5) is 0 Å². The number of nitrogens with two attached hydrogens (primary N) is 1. The maximum Gasteiger partial charge on any atom is 0.320 e. The molecule has 1 amide bonds. The van der Waals surface area contributed by atoms with E-state index >= 15 is 0 Å². The van der Waals surface area contributed by atoms with E-state index < -0.39 is 24.0 Å². The number of nitrogens with one attached hydrogen (secondary N) is 2. The second kappa shape index (κ2) is 6.89. The Bertz CT molecular complexity index is 417. The number of aromatic nitrogens is 2. The molecular formula is C12H20N4O3. The second-order valence-corrected chi connectivity index (χ2v) is 4.91. The number of carbonyl (C=O) groups excluding carboxylic acids is 1. The van der Waals surface area contributed by atoms with Crippen molar-refractivity contribution in [3.8, 4) is 0 Å². The fourth-order valence-corrected chi connectivity index (χ4v) is 1.81. The number of hydrogen-bond acceptors (Lipinski definition) is 4. The number of imidazole rings is 1. The predicted molar refractivity (Wildman–Crippen MR) is 69.3 cm³/mol. The molecule has 7 heteroatoms. The minimum absolute atomic E-state index is 0.201. The minimum atomic E-state index is -0.984. The lowest BCUT2D eigenvalue weighted by Crippen LogP contribution is -2.51. The van der Waals surface area contributed by atoms with Crippen molar-refractivity contribution in [2.45, 2.75) is 38.8 Å². The second-order valence-electron chi connectivity index (χ2n) is 4.91. The van der Waals surface area contributed by atoms with Crippen molar-refractivity contribution >= 4 is 11.9 Å². The number of amides is 1. The summed E-state index contributed by atoms with van der Waals surface area (Å²) in [5.41, 5.74) is 5.96. The monoisotopic (exact) mass is 268 g/mol. The van der Waals surface area contributed by atoms with E-state index in [9.17, 15) is 9.59 Å². The molecule has 1 rings (SSSR count). The van der Waals surface area contributed by atoms with Crippen LogP contribution in [0.25, 0.3) is 0 Å². The fraction of sp³-hybridized carbons (Fsp3) is 0.583. The Morgan fingerprint density at radius 3 is 2.58 bits per heavy atom. The lowest BCUT2D eigenvalue weighted by atomic mass is 10.0. The van der Waals surface area contributed by atoms with Crippen LogP contribution in [0.1, 0.15) is 26.0 Å². The van der Waals surface area contributed by atoms with Crippen LogP contribution in [0.3, 0.4) is 0 Å². The van der Waals surface area contributed by atoms with Gasteiger partial charge in [0.05, 0.1) is 18.1 Å². The highest BCUT2D eigenvalue weighted by molar-refractivity contribution is 5.81. The van der Waals surface area contributed by atoms with E-state index in [1.165, 1.54) is 6.33 Å². The summed E-state index contributed by atoms with van der Waals surface area (Å²) in [5, 5.41) is 11.9. The standard InChI is InChI=1S/C12H20N4O3/c1-7(2)3-10(12(18)19)16-9(11(13)17)4-8-5-14-6-15-8/h5-7,9-10,16H,3-4H2,1-2H3,(H2,13,17)(H,14,15)(H,18,19). The number of aromatic amines is 1. The molecule has 2 atom stereocenters. The van der Waals surface area contributed by atoms with Crippen LogP contribution in [-0.2, 0) is 16.0 Å². The molecule has 19 heavy (non-hydrogen) atoms. The lowest BCUT2D eigenvalue weighted by Gasteiger charge is -2.21. The molecular weight excluding hydrogens is 248 g/mol. The summed E-state index contributed by atoms with van der Waals surface area (Å²) in [6.45, 7) is 3.84. The highest BCUT2D eigenvalue weighted by Crippen LogP contribution is 2.07. The first-order valence-corrected chi connectivity index (χ1v) is 6.16. The van der Waals surface area contributed by atoms with Gasteiger partial charge in [-0.1, -0.05) is 13.8 Å². The molecule has 0 bridgehead atoms. The van der Waals surface area contributed by atoms with Crippen LogP contribution in [0, 0.1) is 5.92 Å². The van der Waals surface area contributed by atoms with E-state index in [0.29, 0.717) is 12.1 Å². The SMILES string of the molecule is CC(C)CC(NC(Cc1c[nH]cn1)C(N)=O)C(=O)O. The van der Waals surface area contributed by atoms with Crippen molar-refractivity contribution in [3.05, 3.63) is 18.2 Å². The highest BCUT2D eigenvalue weighted by Gasteiger charge is 2.26. The number of aliphatic carboxylic acids is 1. The molecule has 5 N–H and O–H groups in total. The molecule has 1 aromatic heterocycles. The summed E-state index contributed by atoms with van der Waals surface area (Å²) in [6, 6.07) is -1.54. The third kappa shape index (κ3) is 5.09. The summed E-state index contributed by atoms with van der Waals surface area (Å²) >= 11 is 0. The number of rotatable bonds is 8. The molecule has 7 nitrogen and oxygen atoms in total. The maximum absolute atomic E-state index is 11.4. The highest BCUT2D eigenvalue weighted by atomic mass is 16.4. The average Bonchev–Trinajstić information content (AvgIpc) is 2.78. The summed E-state index contributed by atoms with van der Waals surface area (Å²) in [7, 11) is 0. The lowest BCUT2D eigenvalue weighted by molar-refractivity contribution is -0.140. The van der Waals surface area contributed by atoms with Crippen LogP contribution in [-0.4, -0.2) is 39.0 Å². The van der Waals surface area contributed by atoms with Crippen molar-refractivity contribution in [1.82, 2.24) is 15.3 Å². The smallest absolute Gasteiger partial charge is 0.320 e. The summed E-state index contributed by atoms with van der Waals surface area (Å²) in [5.74, 6) is -1.37. The maximum atomic E-state index is 11.4. The summed E-state index contributed by atoms with van der Waals surface area (Å²) in [6.07, 6.45) is 3.84. The van der Waals surface area contributed by atoms with Gasteiger partial charge in [0.1, 0.15) is 6.04 Å². The van der Waals surface area contributed by atoms with Gasteiger partial charge < -0.3 is 15.8 Å². The number of carboxylic acid groups (broad SMARTS) is 1. The van der Waals surface area contributed by atoms with Gasteiger partial charge in [0.2, 0.25) is 5.91 Å². The largest absolute Gasteiger partial charge is 0.480 e. The topological polar surface area (TPSA) is 121 Å². The first-order valence-electron chi connectivity index (χ1n) is 6.16. The Morgan fingerprint density at radius 2 is 2.16 bits per heavy atom. The van der Waals surface area contributed by atoms with Crippen LogP contribution < -0.4 is 11.1 Å². The van der Waals surface area contributed by atoms with Crippen molar-refractivity contribution in [2.75, 3.05) is 0 Å². The minimum Gasteiger partial charge on any atom is -0.480 e. The molecule has 0 radical (unpaired) electrons. The Morgan fingerprint density at radius 1 is 1.47 bits per heavy atom. The fourth-order valence-electron chi connectivity index (χ4n) is 1.81. The Kier molecular flexibility index (Phi) is 5.50. The number of carboxylic acids is 1. The molecule has 2 unspecified atom stereocenters. The summed E-state index contributed by atoms with van der Waals surface area (Å²) in [4.78, 5) is 29.3. The Balaban J connectivity index is 2.70. The van der Waals surface area contributed by atoms with Gasteiger partial charge in [0, 0.05) is 12.6 Å². The number of hydrogen-bond donors (Lipinski definition) is 4. The molecule has 0 saturated heterocycles. The van der Waals surface area contributed by atoms with Crippen molar-refractivity contribution in [3.63, 3.8) is 0 Å². The number of H-pyrrole nitrogens is 1. The van der Waals surface area contributed by atoms with Crippen molar-refractivity contribution in [1.29, 1.82) is 0 Å². The first-order chi connectivity index (χ1) is 8.90. The molecule has 106 valence electrons. The molecule has 1 heterocycles. The zero-order valence-electron chi connectivity index (χ0n) is 11.1. The quantitative estimate of drug-likeness (QED) is 0.524. The van der Waals surface area contributed by atoms with Gasteiger partial charge in [-0.2, -0.15) is 0 Å². The van der Waals surface area contributed by atoms with Gasteiger partial charge >= 0.3 is 5.97 Å². The van der Waals surface area contributed by atoms with Crippen LogP contribution in [0.2, 0.25) is 0 Å². The average molecular weight is 268 g/mol. The van der Waals surface area contributed by atoms with E-state index in [2.05, 4.69) is 15.3 Å². The van der Waals surface area contributed by atoms with Gasteiger partial charge in [-0.05, 0) is 12.3 Å². The normalized spacial score (nSPS) is 14.3. The molecule has 0 fully saturated rings. The zero-order valence-corrected chi connectivity index (χ0v) is 11.1. The number of primary amides is 1. The van der Waals surface area contributed by atoms with E-state index in [4.69, 9.17) is 10.8 Å². The number of nitrogens with zero attached hydrogens (tertiary/aromatic N) is 1. The molecule has 0 saturated carbocycles.